The van der Waals surface area contributed by atoms with Crippen molar-refractivity contribution < 1.29 is 13.6 Å². The van der Waals surface area contributed by atoms with Crippen LogP contribution in [0.1, 0.15) is 17.3 Å². The Kier molecular flexibility index (Phi) is 5.52. The smallest absolute Gasteiger partial charge is 0.255 e. The zero-order valence-corrected chi connectivity index (χ0v) is 11.8. The summed E-state index contributed by atoms with van der Waals surface area (Å²) >= 11 is 5.78. The molecule has 1 saturated heterocycles. The summed E-state index contributed by atoms with van der Waals surface area (Å²) in [5, 5.41) is 3.13. The van der Waals surface area contributed by atoms with Gasteiger partial charge in [0, 0.05) is 25.7 Å². The van der Waals surface area contributed by atoms with Crippen molar-refractivity contribution in [1.29, 1.82) is 0 Å². The lowest BCUT2D eigenvalue weighted by Gasteiger charge is -2.32. The van der Waals surface area contributed by atoms with Crippen LogP contribution in [0.3, 0.4) is 0 Å². The monoisotopic (exact) mass is 310 g/mol. The van der Waals surface area contributed by atoms with Gasteiger partial charge in [-0.15, -0.1) is 12.4 Å². The fourth-order valence-corrected chi connectivity index (χ4v) is 2.20. The van der Waals surface area contributed by atoms with Gasteiger partial charge in [-0.1, -0.05) is 11.6 Å². The van der Waals surface area contributed by atoms with E-state index in [1.165, 1.54) is 0 Å². The number of rotatable bonds is 1. The summed E-state index contributed by atoms with van der Waals surface area (Å²) in [5.41, 5.74) is 0.00432. The van der Waals surface area contributed by atoms with E-state index in [0.717, 1.165) is 12.1 Å². The molecule has 1 N–H and O–H groups in total. The van der Waals surface area contributed by atoms with Crippen molar-refractivity contribution in [2.45, 2.75) is 13.0 Å². The second-order valence-corrected chi connectivity index (χ2v) is 4.76. The Morgan fingerprint density at radius 2 is 2.05 bits per heavy atom. The maximum atomic E-state index is 13.1. The molecule has 19 heavy (non-hydrogen) atoms. The first kappa shape index (κ1) is 16.1. The first-order valence-electron chi connectivity index (χ1n) is 5.66. The standard InChI is InChI=1S/C12H13ClF2N2O.ClH/c1-7-6-17(3-2-16-7)12(18)8-4-10(14)11(15)5-9(8)13;/h4-5,7,16H,2-3,6H2,1H3;1H. The van der Waals surface area contributed by atoms with E-state index in [0.29, 0.717) is 19.6 Å². The highest BCUT2D eigenvalue weighted by atomic mass is 35.5. The summed E-state index contributed by atoms with van der Waals surface area (Å²) in [6.07, 6.45) is 0. The van der Waals surface area contributed by atoms with Crippen LogP contribution in [0.25, 0.3) is 0 Å². The third kappa shape index (κ3) is 3.55. The number of carbonyl (C=O) groups excluding carboxylic acids is 1. The van der Waals surface area contributed by atoms with E-state index < -0.39 is 11.6 Å². The molecule has 3 nitrogen and oxygen atoms in total. The molecule has 7 heteroatoms. The molecule has 0 aliphatic carbocycles. The van der Waals surface area contributed by atoms with Crippen LogP contribution in [0.5, 0.6) is 0 Å². The molecule has 1 aliphatic heterocycles. The van der Waals surface area contributed by atoms with Gasteiger partial charge in [0.1, 0.15) is 0 Å². The first-order chi connectivity index (χ1) is 8.49. The number of nitrogens with one attached hydrogen (secondary N) is 1. The summed E-state index contributed by atoms with van der Waals surface area (Å²) in [4.78, 5) is 13.7. The van der Waals surface area contributed by atoms with E-state index in [1.54, 1.807) is 4.90 Å². The Balaban J connectivity index is 0.00000180. The van der Waals surface area contributed by atoms with Gasteiger partial charge in [-0.05, 0) is 19.1 Å². The van der Waals surface area contributed by atoms with Gasteiger partial charge in [0.15, 0.2) is 11.6 Å². The van der Waals surface area contributed by atoms with Crippen molar-refractivity contribution in [2.75, 3.05) is 19.6 Å². The Morgan fingerprint density at radius 3 is 2.68 bits per heavy atom. The topological polar surface area (TPSA) is 32.3 Å². The zero-order chi connectivity index (χ0) is 13.3. The van der Waals surface area contributed by atoms with Crippen LogP contribution < -0.4 is 5.32 Å². The van der Waals surface area contributed by atoms with Crippen LogP contribution in [0.2, 0.25) is 5.02 Å². The maximum Gasteiger partial charge on any atom is 0.255 e. The predicted octanol–water partition coefficient (Wildman–Crippen LogP) is 2.47. The molecule has 0 aromatic heterocycles. The van der Waals surface area contributed by atoms with Gasteiger partial charge in [0.25, 0.3) is 5.91 Å². The lowest BCUT2D eigenvalue weighted by atomic mass is 10.1. The van der Waals surface area contributed by atoms with Gasteiger partial charge >= 0.3 is 0 Å². The SMILES string of the molecule is CC1CN(C(=O)c2cc(F)c(F)cc2Cl)CCN1.Cl. The average molecular weight is 311 g/mol. The fourth-order valence-electron chi connectivity index (χ4n) is 1.97. The molecule has 1 atom stereocenters. The van der Waals surface area contributed by atoms with E-state index >= 15 is 0 Å². The Hall–Kier alpha value is -0.910. The van der Waals surface area contributed by atoms with Gasteiger partial charge in [-0.2, -0.15) is 0 Å². The number of piperazine rings is 1. The number of halogens is 4. The van der Waals surface area contributed by atoms with Crippen LogP contribution in [-0.4, -0.2) is 36.5 Å². The third-order valence-electron chi connectivity index (χ3n) is 2.90. The molecule has 0 radical (unpaired) electrons. The van der Waals surface area contributed by atoms with Gasteiger partial charge in [0.05, 0.1) is 10.6 Å². The molecule has 1 amide bonds. The molecule has 1 aliphatic rings. The van der Waals surface area contributed by atoms with Crippen LogP contribution in [0.4, 0.5) is 8.78 Å². The molecular weight excluding hydrogens is 297 g/mol. The Bertz CT molecular complexity index is 485. The molecule has 1 aromatic rings. The van der Waals surface area contributed by atoms with E-state index in [4.69, 9.17) is 11.6 Å². The number of nitrogens with zero attached hydrogens (tertiary/aromatic N) is 1. The second-order valence-electron chi connectivity index (χ2n) is 4.35. The molecule has 106 valence electrons. The molecule has 1 unspecified atom stereocenters. The lowest BCUT2D eigenvalue weighted by Crippen LogP contribution is -2.51. The molecular formula is C12H14Cl2F2N2O. The molecule has 1 heterocycles. The van der Waals surface area contributed by atoms with Crippen molar-refractivity contribution in [3.8, 4) is 0 Å². The van der Waals surface area contributed by atoms with Gasteiger partial charge in [-0.25, -0.2) is 8.78 Å². The normalized spacial score (nSPS) is 18.9. The predicted molar refractivity (Wildman–Crippen MR) is 72.0 cm³/mol. The van der Waals surface area contributed by atoms with Crippen molar-refractivity contribution in [2.24, 2.45) is 0 Å². The van der Waals surface area contributed by atoms with E-state index in [2.05, 4.69) is 5.32 Å². The first-order valence-corrected chi connectivity index (χ1v) is 6.04. The van der Waals surface area contributed by atoms with Gasteiger partial charge in [-0.3, -0.25) is 4.79 Å². The fraction of sp³-hybridized carbons (Fsp3) is 0.417. The zero-order valence-electron chi connectivity index (χ0n) is 10.3. The van der Waals surface area contributed by atoms with Crippen LogP contribution in [0, 0.1) is 11.6 Å². The van der Waals surface area contributed by atoms with Gasteiger partial charge in [0.2, 0.25) is 0 Å². The number of carbonyl (C=O) groups is 1. The average Bonchev–Trinajstić information content (AvgIpc) is 2.33. The van der Waals surface area contributed by atoms with Crippen LogP contribution in [0.15, 0.2) is 12.1 Å². The summed E-state index contributed by atoms with van der Waals surface area (Å²) < 4.78 is 26.1. The number of hydrogen-bond donors (Lipinski definition) is 1. The van der Waals surface area contributed by atoms with Crippen molar-refractivity contribution >= 4 is 29.9 Å². The summed E-state index contributed by atoms with van der Waals surface area (Å²) in [5.74, 6) is -2.48. The minimum Gasteiger partial charge on any atom is -0.336 e. The molecule has 0 saturated carbocycles. The van der Waals surface area contributed by atoms with E-state index in [-0.39, 0.29) is 34.9 Å². The second kappa shape index (κ2) is 6.50. The van der Waals surface area contributed by atoms with Crippen LogP contribution in [-0.2, 0) is 0 Å². The summed E-state index contributed by atoms with van der Waals surface area (Å²) in [6.45, 7) is 3.67. The van der Waals surface area contributed by atoms with Crippen molar-refractivity contribution in [3.05, 3.63) is 34.4 Å². The lowest BCUT2D eigenvalue weighted by molar-refractivity contribution is 0.0708. The highest BCUT2D eigenvalue weighted by Gasteiger charge is 2.24. The van der Waals surface area contributed by atoms with E-state index in [1.807, 2.05) is 6.92 Å². The highest BCUT2D eigenvalue weighted by Crippen LogP contribution is 2.22. The largest absolute Gasteiger partial charge is 0.336 e. The number of hydrogen-bond acceptors (Lipinski definition) is 2. The summed E-state index contributed by atoms with van der Waals surface area (Å²) in [6, 6.07) is 1.86. The van der Waals surface area contributed by atoms with Crippen molar-refractivity contribution in [1.82, 2.24) is 10.2 Å². The van der Waals surface area contributed by atoms with E-state index in [9.17, 15) is 13.6 Å². The quantitative estimate of drug-likeness (QED) is 0.808. The molecule has 0 bridgehead atoms. The molecule has 2 rings (SSSR count). The Labute approximate surface area is 121 Å². The van der Waals surface area contributed by atoms with Crippen LogP contribution >= 0.6 is 24.0 Å². The highest BCUT2D eigenvalue weighted by molar-refractivity contribution is 6.33. The molecule has 0 spiro atoms. The summed E-state index contributed by atoms with van der Waals surface area (Å²) in [7, 11) is 0. The molecule has 1 aromatic carbocycles. The molecule has 1 fully saturated rings. The number of amides is 1. The Morgan fingerprint density at radius 1 is 1.42 bits per heavy atom. The minimum atomic E-state index is -1.06. The van der Waals surface area contributed by atoms with Crippen molar-refractivity contribution in [3.63, 3.8) is 0 Å². The van der Waals surface area contributed by atoms with Gasteiger partial charge < -0.3 is 10.2 Å². The maximum absolute atomic E-state index is 13.1. The minimum absolute atomic E-state index is 0. The number of benzene rings is 1. The third-order valence-corrected chi connectivity index (χ3v) is 3.21.